The van der Waals surface area contributed by atoms with Gasteiger partial charge in [-0.15, -0.1) is 11.3 Å². The Morgan fingerprint density at radius 3 is 2.47 bits per heavy atom. The van der Waals surface area contributed by atoms with Gasteiger partial charge < -0.3 is 11.1 Å². The minimum atomic E-state index is -0.827. The van der Waals surface area contributed by atoms with Gasteiger partial charge in [0.25, 0.3) is 5.91 Å². The lowest BCUT2D eigenvalue weighted by atomic mass is 10.1. The Morgan fingerprint density at radius 2 is 1.95 bits per heavy atom. The molecule has 4 nitrogen and oxygen atoms in total. The lowest BCUT2D eigenvalue weighted by Gasteiger charge is -2.15. The summed E-state index contributed by atoms with van der Waals surface area (Å²) in [4.78, 5) is 23.5. The van der Waals surface area contributed by atoms with Crippen molar-refractivity contribution in [3.05, 3.63) is 56.7 Å². The van der Waals surface area contributed by atoms with Gasteiger partial charge in [0.15, 0.2) is 0 Å². The molecule has 0 aliphatic rings. The van der Waals surface area contributed by atoms with Crippen LogP contribution in [0, 0.1) is 0 Å². The van der Waals surface area contributed by atoms with Crippen LogP contribution in [-0.4, -0.2) is 11.8 Å². The van der Waals surface area contributed by atoms with E-state index in [0.29, 0.717) is 11.1 Å². The topological polar surface area (TPSA) is 72.2 Å². The predicted octanol–water partition coefficient (Wildman–Crippen LogP) is 2.47. The Balaban J connectivity index is 2.18. The van der Waals surface area contributed by atoms with Gasteiger partial charge in [-0.05, 0) is 27.6 Å². The second-order valence-corrected chi connectivity index (χ2v) is 6.15. The molecule has 1 aromatic carbocycles. The highest BCUT2D eigenvalue weighted by Gasteiger charge is 2.21. The van der Waals surface area contributed by atoms with Gasteiger partial charge in [-0.2, -0.15) is 0 Å². The molecule has 0 saturated heterocycles. The third-order valence-electron chi connectivity index (χ3n) is 2.52. The number of primary amides is 1. The summed E-state index contributed by atoms with van der Waals surface area (Å²) >= 11 is 4.69. The summed E-state index contributed by atoms with van der Waals surface area (Å²) in [7, 11) is 0. The maximum absolute atomic E-state index is 12.0. The molecule has 98 valence electrons. The maximum Gasteiger partial charge on any atom is 0.253 e. The zero-order valence-electron chi connectivity index (χ0n) is 9.80. The van der Waals surface area contributed by atoms with Crippen molar-refractivity contribution in [1.29, 1.82) is 0 Å². The minimum Gasteiger partial charge on any atom is -0.368 e. The molecule has 0 aliphatic heterocycles. The summed E-state index contributed by atoms with van der Waals surface area (Å²) in [5.41, 5.74) is 6.50. The van der Waals surface area contributed by atoms with Crippen molar-refractivity contribution in [2.24, 2.45) is 5.73 Å². The van der Waals surface area contributed by atoms with Gasteiger partial charge in [-0.25, -0.2) is 0 Å². The molecule has 0 fully saturated rings. The number of thiophene rings is 1. The van der Waals surface area contributed by atoms with Crippen molar-refractivity contribution in [3.63, 3.8) is 0 Å². The van der Waals surface area contributed by atoms with E-state index in [2.05, 4.69) is 21.2 Å². The first-order valence-electron chi connectivity index (χ1n) is 5.47. The summed E-state index contributed by atoms with van der Waals surface area (Å²) in [6.07, 6.45) is 0. The molecule has 19 heavy (non-hydrogen) atoms. The zero-order chi connectivity index (χ0) is 13.8. The molecule has 1 aromatic heterocycles. The number of benzene rings is 1. The lowest BCUT2D eigenvalue weighted by Crippen LogP contribution is -2.37. The molecule has 1 atom stereocenters. The van der Waals surface area contributed by atoms with Crippen LogP contribution in [0.5, 0.6) is 0 Å². The Kier molecular flexibility index (Phi) is 4.34. The number of hydrogen-bond acceptors (Lipinski definition) is 3. The molecule has 0 radical (unpaired) electrons. The highest BCUT2D eigenvalue weighted by molar-refractivity contribution is 9.11. The van der Waals surface area contributed by atoms with Crippen molar-refractivity contribution in [2.45, 2.75) is 6.04 Å². The average Bonchev–Trinajstić information content (AvgIpc) is 2.83. The van der Waals surface area contributed by atoms with Gasteiger partial charge >= 0.3 is 0 Å². The number of halogens is 1. The Bertz CT molecular complexity index is 598. The molecule has 1 heterocycles. The molecule has 0 unspecified atom stereocenters. The van der Waals surface area contributed by atoms with E-state index < -0.39 is 11.9 Å². The standard InChI is InChI=1S/C13H11BrN2O2S/c14-10-6-9(7-19-10)13(18)16-11(12(15)17)8-4-2-1-3-5-8/h1-7,11H,(H2,15,17)(H,16,18)/t11-/m1/s1. The van der Waals surface area contributed by atoms with E-state index in [1.165, 1.54) is 11.3 Å². The number of amides is 2. The van der Waals surface area contributed by atoms with Crippen LogP contribution in [0.4, 0.5) is 0 Å². The number of nitrogens with one attached hydrogen (secondary N) is 1. The molecule has 0 saturated carbocycles. The van der Waals surface area contributed by atoms with E-state index >= 15 is 0 Å². The first kappa shape index (κ1) is 13.8. The molecular formula is C13H11BrN2O2S. The Labute approximate surface area is 122 Å². The molecule has 6 heteroatoms. The molecule has 0 bridgehead atoms. The van der Waals surface area contributed by atoms with Crippen LogP contribution in [0.15, 0.2) is 45.6 Å². The van der Waals surface area contributed by atoms with E-state index in [-0.39, 0.29) is 5.91 Å². The molecule has 2 amide bonds. The highest BCUT2D eigenvalue weighted by Crippen LogP contribution is 2.21. The van der Waals surface area contributed by atoms with Gasteiger partial charge in [0.2, 0.25) is 5.91 Å². The third-order valence-corrected chi connectivity index (χ3v) is 4.03. The van der Waals surface area contributed by atoms with E-state index in [9.17, 15) is 9.59 Å². The summed E-state index contributed by atoms with van der Waals surface area (Å²) in [6.45, 7) is 0. The smallest absolute Gasteiger partial charge is 0.253 e. The van der Waals surface area contributed by atoms with Crippen LogP contribution in [0.1, 0.15) is 22.0 Å². The first-order valence-corrected chi connectivity index (χ1v) is 7.14. The number of carbonyl (C=O) groups is 2. The van der Waals surface area contributed by atoms with Crippen LogP contribution in [0.3, 0.4) is 0 Å². The van der Waals surface area contributed by atoms with Crippen LogP contribution < -0.4 is 11.1 Å². The van der Waals surface area contributed by atoms with Crippen molar-refractivity contribution in [1.82, 2.24) is 5.32 Å². The minimum absolute atomic E-state index is 0.324. The van der Waals surface area contributed by atoms with E-state index in [0.717, 1.165) is 3.79 Å². The summed E-state index contributed by atoms with van der Waals surface area (Å²) in [5, 5.41) is 4.35. The Hall–Kier alpha value is -1.66. The van der Waals surface area contributed by atoms with Crippen molar-refractivity contribution >= 4 is 39.1 Å². The van der Waals surface area contributed by atoms with Crippen LogP contribution in [0.2, 0.25) is 0 Å². The van der Waals surface area contributed by atoms with Crippen LogP contribution in [-0.2, 0) is 4.79 Å². The first-order chi connectivity index (χ1) is 9.08. The number of rotatable bonds is 4. The average molecular weight is 339 g/mol. The molecular weight excluding hydrogens is 328 g/mol. The van der Waals surface area contributed by atoms with Crippen LogP contribution >= 0.6 is 27.3 Å². The second kappa shape index (κ2) is 5.99. The molecule has 0 aliphatic carbocycles. The lowest BCUT2D eigenvalue weighted by molar-refractivity contribution is -0.120. The number of nitrogens with two attached hydrogens (primary N) is 1. The third kappa shape index (κ3) is 3.42. The highest BCUT2D eigenvalue weighted by atomic mass is 79.9. The fraction of sp³-hybridized carbons (Fsp3) is 0.0769. The van der Waals surface area contributed by atoms with Gasteiger partial charge in [0.1, 0.15) is 6.04 Å². The summed E-state index contributed by atoms with van der Waals surface area (Å²) < 4.78 is 0.855. The molecule has 0 spiro atoms. The van der Waals surface area contributed by atoms with E-state index in [1.807, 2.05) is 6.07 Å². The second-order valence-electron chi connectivity index (χ2n) is 3.86. The fourth-order valence-electron chi connectivity index (χ4n) is 1.61. The summed E-state index contributed by atoms with van der Waals surface area (Å²) in [6, 6.07) is 9.78. The van der Waals surface area contributed by atoms with Gasteiger partial charge in [0.05, 0.1) is 9.35 Å². The molecule has 2 rings (SSSR count). The number of carbonyl (C=O) groups excluding carboxylic acids is 2. The van der Waals surface area contributed by atoms with E-state index in [1.54, 1.807) is 35.7 Å². The maximum atomic E-state index is 12.0. The van der Waals surface area contributed by atoms with Crippen molar-refractivity contribution in [2.75, 3.05) is 0 Å². The normalized spacial score (nSPS) is 11.8. The fourth-order valence-corrected chi connectivity index (χ4v) is 2.74. The molecule has 3 N–H and O–H groups in total. The predicted molar refractivity (Wildman–Crippen MR) is 77.9 cm³/mol. The van der Waals surface area contributed by atoms with Crippen molar-refractivity contribution < 1.29 is 9.59 Å². The van der Waals surface area contributed by atoms with Crippen LogP contribution in [0.25, 0.3) is 0 Å². The van der Waals surface area contributed by atoms with Crippen molar-refractivity contribution in [3.8, 4) is 0 Å². The summed E-state index contributed by atoms with van der Waals surface area (Å²) in [5.74, 6) is -0.913. The monoisotopic (exact) mass is 338 g/mol. The largest absolute Gasteiger partial charge is 0.368 e. The van der Waals surface area contributed by atoms with Gasteiger partial charge in [-0.3, -0.25) is 9.59 Å². The van der Waals surface area contributed by atoms with Gasteiger partial charge in [-0.1, -0.05) is 30.3 Å². The Morgan fingerprint density at radius 1 is 1.26 bits per heavy atom. The van der Waals surface area contributed by atoms with E-state index in [4.69, 9.17) is 5.73 Å². The number of hydrogen-bond donors (Lipinski definition) is 2. The quantitative estimate of drug-likeness (QED) is 0.898. The molecule has 2 aromatic rings. The zero-order valence-corrected chi connectivity index (χ0v) is 12.2. The SMILES string of the molecule is NC(=O)[C@H](NC(=O)c1csc(Br)c1)c1ccccc1. The van der Waals surface area contributed by atoms with Gasteiger partial charge in [0, 0.05) is 5.38 Å².